The number of aromatic nitrogens is 2. The molecular formula is C31H15N3S2. The normalized spacial score (nSPS) is 11.9. The van der Waals surface area contributed by atoms with Gasteiger partial charge in [-0.3, -0.25) is 4.98 Å². The highest BCUT2D eigenvalue weighted by molar-refractivity contribution is 7.26. The van der Waals surface area contributed by atoms with E-state index in [0.29, 0.717) is 5.69 Å². The first-order valence-electron chi connectivity index (χ1n) is 11.6. The highest BCUT2D eigenvalue weighted by Gasteiger charge is 2.17. The third-order valence-electron chi connectivity index (χ3n) is 6.94. The highest BCUT2D eigenvalue weighted by atomic mass is 32.1. The summed E-state index contributed by atoms with van der Waals surface area (Å²) in [5.41, 5.74) is 4.07. The largest absolute Gasteiger partial charge is 0.251 e. The molecule has 0 aliphatic heterocycles. The van der Waals surface area contributed by atoms with Crippen molar-refractivity contribution in [3.8, 4) is 17.2 Å². The Morgan fingerprint density at radius 1 is 0.611 bits per heavy atom. The fraction of sp³-hybridized carbons (Fsp3) is 0. The number of hydrogen-bond acceptors (Lipinski definition) is 5. The van der Waals surface area contributed by atoms with Gasteiger partial charge in [-0.15, -0.1) is 22.7 Å². The minimum absolute atomic E-state index is 0.327. The summed E-state index contributed by atoms with van der Waals surface area (Å²) >= 11 is 3.62. The number of hydrogen-bond donors (Lipinski definition) is 0. The molecule has 3 heterocycles. The Kier molecular flexibility index (Phi) is 4.04. The Morgan fingerprint density at radius 2 is 1.36 bits per heavy atom. The summed E-state index contributed by atoms with van der Waals surface area (Å²) in [7, 11) is 0. The lowest BCUT2D eigenvalue weighted by Gasteiger charge is -2.11. The van der Waals surface area contributed by atoms with Crippen LogP contribution in [0.5, 0.6) is 0 Å². The fourth-order valence-corrected chi connectivity index (χ4v) is 7.69. The van der Waals surface area contributed by atoms with E-state index in [9.17, 15) is 5.26 Å². The third-order valence-corrected chi connectivity index (χ3v) is 9.29. The van der Waals surface area contributed by atoms with Gasteiger partial charge < -0.3 is 0 Å². The van der Waals surface area contributed by atoms with E-state index in [1.165, 1.54) is 40.3 Å². The monoisotopic (exact) mass is 493 g/mol. The molecule has 36 heavy (non-hydrogen) atoms. The smallest absolute Gasteiger partial charge is 0.159 e. The van der Waals surface area contributed by atoms with Gasteiger partial charge in [-0.1, -0.05) is 54.6 Å². The summed E-state index contributed by atoms with van der Waals surface area (Å²) < 4.78 is 5.03. The van der Waals surface area contributed by atoms with Crippen molar-refractivity contribution in [3.63, 3.8) is 0 Å². The lowest BCUT2D eigenvalue weighted by molar-refractivity contribution is 1.25. The quantitative estimate of drug-likeness (QED) is 0.214. The van der Waals surface area contributed by atoms with Gasteiger partial charge in [0.25, 0.3) is 0 Å². The Hall–Kier alpha value is -4.37. The summed E-state index contributed by atoms with van der Waals surface area (Å²) in [5, 5.41) is 16.8. The van der Waals surface area contributed by atoms with Gasteiger partial charge >= 0.3 is 0 Å². The molecule has 0 amide bonds. The molecule has 5 heteroatoms. The van der Waals surface area contributed by atoms with Crippen LogP contribution in [0.15, 0.2) is 91.1 Å². The lowest BCUT2D eigenvalue weighted by Crippen LogP contribution is -1.93. The van der Waals surface area contributed by atoms with Gasteiger partial charge in [-0.05, 0) is 35.7 Å². The van der Waals surface area contributed by atoms with E-state index in [2.05, 4.69) is 91.0 Å². The SMILES string of the molecule is N#Cc1cnc2c(n1)c(-c1cccc3c1sc1ccccc13)cc1cc3sc4ccccc4c3cc12. The van der Waals surface area contributed by atoms with Crippen molar-refractivity contribution in [3.05, 3.63) is 96.8 Å². The van der Waals surface area contributed by atoms with E-state index in [1.807, 2.05) is 11.3 Å². The van der Waals surface area contributed by atoms with Crippen LogP contribution in [0.4, 0.5) is 0 Å². The van der Waals surface area contributed by atoms with Crippen molar-refractivity contribution in [1.29, 1.82) is 5.26 Å². The van der Waals surface area contributed by atoms with Crippen LogP contribution in [-0.4, -0.2) is 9.97 Å². The molecule has 166 valence electrons. The maximum atomic E-state index is 9.62. The molecule has 0 fully saturated rings. The molecule has 0 unspecified atom stereocenters. The zero-order chi connectivity index (χ0) is 23.8. The summed E-state index contributed by atoms with van der Waals surface area (Å²) in [6, 6.07) is 32.5. The van der Waals surface area contributed by atoms with Crippen LogP contribution in [0.3, 0.4) is 0 Å². The van der Waals surface area contributed by atoms with Crippen LogP contribution < -0.4 is 0 Å². The number of thiophene rings is 2. The maximum absolute atomic E-state index is 9.62. The second-order valence-electron chi connectivity index (χ2n) is 8.94. The minimum atomic E-state index is 0.327. The minimum Gasteiger partial charge on any atom is -0.251 e. The van der Waals surface area contributed by atoms with Crippen LogP contribution in [0.1, 0.15) is 5.69 Å². The molecule has 0 N–H and O–H groups in total. The maximum Gasteiger partial charge on any atom is 0.159 e. The topological polar surface area (TPSA) is 49.6 Å². The molecule has 0 bridgehead atoms. The van der Waals surface area contributed by atoms with E-state index in [-0.39, 0.29) is 0 Å². The zero-order valence-corrected chi connectivity index (χ0v) is 20.5. The molecule has 0 aliphatic carbocycles. The second-order valence-corrected chi connectivity index (χ2v) is 11.1. The molecule has 3 aromatic heterocycles. The Bertz CT molecular complexity index is 2230. The van der Waals surface area contributed by atoms with E-state index in [0.717, 1.165) is 32.9 Å². The van der Waals surface area contributed by atoms with Crippen molar-refractivity contribution >= 4 is 84.8 Å². The van der Waals surface area contributed by atoms with E-state index >= 15 is 0 Å². The molecular weight excluding hydrogens is 478 g/mol. The molecule has 3 nitrogen and oxygen atoms in total. The standard InChI is InChI=1S/C31H15N3S2/c32-15-18-16-33-29-23-14-24-20-7-2-3-10-26(20)35-28(24)13-17(23)12-25(30(29)34-18)22-9-5-8-21-19-6-1-4-11-27(19)36-31(21)22/h1-14,16H. The van der Waals surface area contributed by atoms with Crippen molar-refractivity contribution in [1.82, 2.24) is 9.97 Å². The lowest BCUT2D eigenvalue weighted by atomic mass is 9.96. The first kappa shape index (κ1) is 19.9. The number of nitriles is 1. The van der Waals surface area contributed by atoms with Crippen LogP contribution in [0, 0.1) is 11.3 Å². The average molecular weight is 494 g/mol. The van der Waals surface area contributed by atoms with Crippen LogP contribution >= 0.6 is 22.7 Å². The van der Waals surface area contributed by atoms with Gasteiger partial charge in [0.05, 0.1) is 17.2 Å². The molecule has 0 aliphatic rings. The van der Waals surface area contributed by atoms with Crippen molar-refractivity contribution < 1.29 is 0 Å². The van der Waals surface area contributed by atoms with E-state index in [1.54, 1.807) is 17.5 Å². The second kappa shape index (κ2) is 7.32. The van der Waals surface area contributed by atoms with E-state index in [4.69, 9.17) is 9.97 Å². The van der Waals surface area contributed by atoms with Gasteiger partial charge in [0, 0.05) is 56.9 Å². The summed E-state index contributed by atoms with van der Waals surface area (Å²) in [5.74, 6) is 0. The van der Waals surface area contributed by atoms with Gasteiger partial charge in [0.1, 0.15) is 6.07 Å². The molecule has 0 saturated carbocycles. The number of rotatable bonds is 1. The van der Waals surface area contributed by atoms with Crippen LogP contribution in [-0.2, 0) is 0 Å². The van der Waals surface area contributed by atoms with Gasteiger partial charge in [-0.2, -0.15) is 5.26 Å². The number of benzene rings is 5. The fourth-order valence-electron chi connectivity index (χ4n) is 5.33. The Labute approximate surface area is 213 Å². The molecule has 5 aromatic carbocycles. The predicted molar refractivity (Wildman–Crippen MR) is 153 cm³/mol. The number of fused-ring (bicyclic) bond motifs is 9. The van der Waals surface area contributed by atoms with Crippen LogP contribution in [0.2, 0.25) is 0 Å². The first-order valence-corrected chi connectivity index (χ1v) is 13.3. The van der Waals surface area contributed by atoms with Crippen LogP contribution in [0.25, 0.3) is 73.3 Å². The Balaban J connectivity index is 1.54. The van der Waals surface area contributed by atoms with Gasteiger partial charge in [0.2, 0.25) is 0 Å². The summed E-state index contributed by atoms with van der Waals surface area (Å²) in [6.07, 6.45) is 1.58. The molecule has 0 radical (unpaired) electrons. The molecule has 0 spiro atoms. The molecule has 8 aromatic rings. The van der Waals surface area contributed by atoms with Crippen molar-refractivity contribution in [2.24, 2.45) is 0 Å². The highest BCUT2D eigenvalue weighted by Crippen LogP contribution is 2.44. The van der Waals surface area contributed by atoms with Crippen molar-refractivity contribution in [2.45, 2.75) is 0 Å². The van der Waals surface area contributed by atoms with Gasteiger partial charge in [-0.25, -0.2) is 4.98 Å². The van der Waals surface area contributed by atoms with E-state index < -0.39 is 0 Å². The first-order chi connectivity index (χ1) is 17.8. The average Bonchev–Trinajstić information content (AvgIpc) is 3.49. The van der Waals surface area contributed by atoms with Gasteiger partial charge in [0.15, 0.2) is 5.69 Å². The predicted octanol–water partition coefficient (Wildman–Crippen LogP) is 9.06. The summed E-state index contributed by atoms with van der Waals surface area (Å²) in [6.45, 7) is 0. The summed E-state index contributed by atoms with van der Waals surface area (Å²) in [4.78, 5) is 9.58. The Morgan fingerprint density at radius 3 is 2.19 bits per heavy atom. The molecule has 0 saturated heterocycles. The van der Waals surface area contributed by atoms with Crippen molar-refractivity contribution in [2.75, 3.05) is 0 Å². The molecule has 8 rings (SSSR count). The zero-order valence-electron chi connectivity index (χ0n) is 18.8. The number of nitrogens with zero attached hydrogens (tertiary/aromatic N) is 3. The third kappa shape index (κ3) is 2.71. The molecule has 0 atom stereocenters.